The van der Waals surface area contributed by atoms with Crippen LogP contribution >= 0.6 is 0 Å². The van der Waals surface area contributed by atoms with Gasteiger partial charge in [0.25, 0.3) is 0 Å². The van der Waals surface area contributed by atoms with Gasteiger partial charge >= 0.3 is 6.18 Å². The topological polar surface area (TPSA) is 55.1 Å². The van der Waals surface area contributed by atoms with Gasteiger partial charge in [-0.05, 0) is 24.5 Å². The molecule has 6 heteroatoms. The summed E-state index contributed by atoms with van der Waals surface area (Å²) in [5.74, 6) is -0.444. The number of nitrogens with two attached hydrogens (primary N) is 1. The summed E-state index contributed by atoms with van der Waals surface area (Å²) in [6.45, 7) is 4.03. The molecule has 0 heterocycles. The number of amides is 1. The van der Waals surface area contributed by atoms with E-state index in [0.29, 0.717) is 12.8 Å². The molecular weight excluding hydrogens is 281 g/mol. The van der Waals surface area contributed by atoms with Crippen LogP contribution in [-0.2, 0) is 17.4 Å². The molecule has 0 radical (unpaired) electrons. The van der Waals surface area contributed by atoms with Gasteiger partial charge in [0.15, 0.2) is 0 Å². The zero-order valence-electron chi connectivity index (χ0n) is 12.3. The Morgan fingerprint density at radius 2 is 1.76 bits per heavy atom. The molecule has 0 aliphatic heterocycles. The van der Waals surface area contributed by atoms with Gasteiger partial charge in [0, 0.05) is 6.54 Å². The van der Waals surface area contributed by atoms with E-state index in [4.69, 9.17) is 5.73 Å². The van der Waals surface area contributed by atoms with E-state index in [2.05, 4.69) is 5.32 Å². The second-order valence-electron chi connectivity index (χ2n) is 5.07. The van der Waals surface area contributed by atoms with Crippen molar-refractivity contribution in [2.24, 2.45) is 5.73 Å². The molecule has 0 aliphatic rings. The third-order valence-corrected chi connectivity index (χ3v) is 3.82. The van der Waals surface area contributed by atoms with Crippen LogP contribution in [0.4, 0.5) is 13.2 Å². The van der Waals surface area contributed by atoms with E-state index >= 15 is 0 Å². The van der Waals surface area contributed by atoms with E-state index in [1.54, 1.807) is 0 Å². The van der Waals surface area contributed by atoms with Crippen molar-refractivity contribution in [1.82, 2.24) is 5.32 Å². The highest BCUT2D eigenvalue weighted by molar-refractivity contribution is 5.79. The van der Waals surface area contributed by atoms with Crippen LogP contribution in [0.5, 0.6) is 0 Å². The molecule has 3 nitrogen and oxygen atoms in total. The van der Waals surface area contributed by atoms with Gasteiger partial charge in [-0.2, -0.15) is 13.2 Å². The fourth-order valence-electron chi connectivity index (χ4n) is 2.23. The Morgan fingerprint density at radius 3 is 2.24 bits per heavy atom. The lowest BCUT2D eigenvalue weighted by molar-refractivity contribution is -0.138. The van der Waals surface area contributed by atoms with E-state index in [1.807, 2.05) is 13.8 Å². The summed E-state index contributed by atoms with van der Waals surface area (Å²) in [6.07, 6.45) is -3.51. The van der Waals surface area contributed by atoms with Crippen LogP contribution in [0, 0.1) is 0 Å². The normalized spacial score (nSPS) is 12.3. The van der Waals surface area contributed by atoms with Crippen LogP contribution in [-0.4, -0.2) is 18.0 Å². The number of halogens is 3. The summed E-state index contributed by atoms with van der Waals surface area (Å²) < 4.78 is 38.7. The lowest BCUT2D eigenvalue weighted by Gasteiger charge is -2.31. The number of benzene rings is 1. The highest BCUT2D eigenvalue weighted by atomic mass is 19.4. The predicted octanol–water partition coefficient (Wildman–Crippen LogP) is 2.88. The van der Waals surface area contributed by atoms with Gasteiger partial charge in [0.2, 0.25) is 5.91 Å². The Balaban J connectivity index is 2.90. The van der Waals surface area contributed by atoms with E-state index < -0.39 is 23.2 Å². The first-order chi connectivity index (χ1) is 9.78. The lowest BCUT2D eigenvalue weighted by Crippen LogP contribution is -2.53. The maximum atomic E-state index is 12.9. The minimum Gasteiger partial charge on any atom is -0.349 e. The van der Waals surface area contributed by atoms with Crippen LogP contribution < -0.4 is 11.1 Å². The zero-order valence-corrected chi connectivity index (χ0v) is 12.3. The van der Waals surface area contributed by atoms with Crippen molar-refractivity contribution in [3.8, 4) is 0 Å². The van der Waals surface area contributed by atoms with Crippen molar-refractivity contribution in [1.29, 1.82) is 0 Å². The Hall–Kier alpha value is -1.56. The summed E-state index contributed by atoms with van der Waals surface area (Å²) in [7, 11) is 0. The average molecular weight is 302 g/mol. The second-order valence-corrected chi connectivity index (χ2v) is 5.07. The van der Waals surface area contributed by atoms with Gasteiger partial charge in [0.1, 0.15) is 0 Å². The summed E-state index contributed by atoms with van der Waals surface area (Å²) in [5.41, 5.74) is 4.32. The van der Waals surface area contributed by atoms with Crippen molar-refractivity contribution in [2.45, 2.75) is 44.8 Å². The third kappa shape index (κ3) is 4.46. The zero-order chi connectivity index (χ0) is 16.1. The molecule has 0 unspecified atom stereocenters. The van der Waals surface area contributed by atoms with Crippen LogP contribution in [0.25, 0.3) is 0 Å². The van der Waals surface area contributed by atoms with Crippen molar-refractivity contribution in [3.63, 3.8) is 0 Å². The maximum absolute atomic E-state index is 12.9. The van der Waals surface area contributed by atoms with Crippen molar-refractivity contribution in [3.05, 3.63) is 35.4 Å². The van der Waals surface area contributed by atoms with Crippen LogP contribution in [0.1, 0.15) is 37.8 Å². The summed E-state index contributed by atoms with van der Waals surface area (Å²) in [5, 5.41) is 2.78. The van der Waals surface area contributed by atoms with Crippen LogP contribution in [0.2, 0.25) is 0 Å². The molecule has 0 bridgehead atoms. The molecular formula is C15H21F3N2O. The molecule has 1 rings (SSSR count). The predicted molar refractivity (Wildman–Crippen MR) is 75.7 cm³/mol. The number of rotatable bonds is 6. The SMILES string of the molecule is CCC(CC)(CN)NC(=O)Cc1ccccc1C(F)(F)F. The monoisotopic (exact) mass is 302 g/mol. The van der Waals surface area contributed by atoms with Crippen molar-refractivity contribution >= 4 is 5.91 Å². The number of alkyl halides is 3. The van der Waals surface area contributed by atoms with Gasteiger partial charge in [-0.15, -0.1) is 0 Å². The molecule has 1 aromatic rings. The molecule has 118 valence electrons. The lowest BCUT2D eigenvalue weighted by atomic mass is 9.92. The Morgan fingerprint density at radius 1 is 1.19 bits per heavy atom. The van der Waals surface area contributed by atoms with E-state index in [9.17, 15) is 18.0 Å². The molecule has 21 heavy (non-hydrogen) atoms. The Labute approximate surface area is 122 Å². The molecule has 0 spiro atoms. The average Bonchev–Trinajstić information content (AvgIpc) is 2.44. The molecule has 0 saturated heterocycles. The second kappa shape index (κ2) is 6.93. The minimum absolute atomic E-state index is 0.0272. The molecule has 0 atom stereocenters. The number of carbonyl (C=O) groups excluding carboxylic acids is 1. The summed E-state index contributed by atoms with van der Waals surface area (Å²) >= 11 is 0. The van der Waals surface area contributed by atoms with Crippen molar-refractivity contribution < 1.29 is 18.0 Å². The minimum atomic E-state index is -4.46. The molecule has 3 N–H and O–H groups in total. The standard InChI is InChI=1S/C15H21F3N2O/c1-3-14(4-2,10-19)20-13(21)9-11-7-5-6-8-12(11)15(16,17)18/h5-8H,3-4,9-10,19H2,1-2H3,(H,20,21). The van der Waals surface area contributed by atoms with Crippen LogP contribution in [0.3, 0.4) is 0 Å². The summed E-state index contributed by atoms with van der Waals surface area (Å²) in [4.78, 5) is 12.0. The number of hydrogen-bond acceptors (Lipinski definition) is 2. The number of carbonyl (C=O) groups is 1. The molecule has 1 amide bonds. The van der Waals surface area contributed by atoms with Gasteiger partial charge in [0.05, 0.1) is 17.5 Å². The van der Waals surface area contributed by atoms with Gasteiger partial charge in [-0.1, -0.05) is 32.0 Å². The molecule has 1 aromatic carbocycles. The number of hydrogen-bond donors (Lipinski definition) is 2. The van der Waals surface area contributed by atoms with E-state index in [-0.39, 0.29) is 18.5 Å². The van der Waals surface area contributed by atoms with Gasteiger partial charge < -0.3 is 11.1 Å². The molecule has 0 aliphatic carbocycles. The van der Waals surface area contributed by atoms with Crippen LogP contribution in [0.15, 0.2) is 24.3 Å². The number of nitrogens with one attached hydrogen (secondary N) is 1. The molecule has 0 aromatic heterocycles. The first-order valence-corrected chi connectivity index (χ1v) is 6.94. The Bertz CT molecular complexity index is 474. The van der Waals surface area contributed by atoms with E-state index in [0.717, 1.165) is 6.07 Å². The smallest absolute Gasteiger partial charge is 0.349 e. The molecule has 0 saturated carbocycles. The fraction of sp³-hybridized carbons (Fsp3) is 0.533. The first-order valence-electron chi connectivity index (χ1n) is 6.94. The highest BCUT2D eigenvalue weighted by Gasteiger charge is 2.34. The maximum Gasteiger partial charge on any atom is 0.416 e. The van der Waals surface area contributed by atoms with Gasteiger partial charge in [-0.25, -0.2) is 0 Å². The third-order valence-electron chi connectivity index (χ3n) is 3.82. The quantitative estimate of drug-likeness (QED) is 0.849. The van der Waals surface area contributed by atoms with Gasteiger partial charge in [-0.3, -0.25) is 4.79 Å². The largest absolute Gasteiger partial charge is 0.416 e. The summed E-state index contributed by atoms with van der Waals surface area (Å²) in [6, 6.07) is 5.11. The fourth-order valence-corrected chi connectivity index (χ4v) is 2.23. The molecule has 0 fully saturated rings. The first kappa shape index (κ1) is 17.5. The van der Waals surface area contributed by atoms with Crippen molar-refractivity contribution in [2.75, 3.05) is 6.54 Å². The Kier molecular flexibility index (Phi) is 5.78. The van der Waals surface area contributed by atoms with E-state index in [1.165, 1.54) is 18.2 Å². The highest BCUT2D eigenvalue weighted by Crippen LogP contribution is 2.32.